The molecule has 0 amide bonds. The van der Waals surface area contributed by atoms with E-state index in [1.165, 1.54) is 10.8 Å². The van der Waals surface area contributed by atoms with Crippen molar-refractivity contribution in [3.05, 3.63) is 36.9 Å². The Hall–Kier alpha value is -1.90. The summed E-state index contributed by atoms with van der Waals surface area (Å²) < 4.78 is 2.04. The second-order valence-electron chi connectivity index (χ2n) is 3.48. The molecular formula is C11H10N3+. The van der Waals surface area contributed by atoms with Gasteiger partial charge in [-0.3, -0.25) is 4.98 Å². The molecule has 0 atom stereocenters. The van der Waals surface area contributed by atoms with E-state index < -0.39 is 0 Å². The second kappa shape index (κ2) is 2.54. The molecule has 3 nitrogen and oxygen atoms in total. The summed E-state index contributed by atoms with van der Waals surface area (Å²) in [5.74, 6) is 0. The Morgan fingerprint density at radius 3 is 3.00 bits per heavy atom. The Morgan fingerprint density at radius 2 is 2.07 bits per heavy atom. The molecule has 0 radical (unpaired) electrons. The summed E-state index contributed by atoms with van der Waals surface area (Å²) in [4.78, 5) is 7.49. The van der Waals surface area contributed by atoms with Crippen molar-refractivity contribution in [2.24, 2.45) is 7.05 Å². The molecule has 0 saturated carbocycles. The maximum atomic E-state index is 4.14. The van der Waals surface area contributed by atoms with Crippen molar-refractivity contribution in [2.45, 2.75) is 0 Å². The molecule has 3 aromatic rings. The van der Waals surface area contributed by atoms with E-state index in [9.17, 15) is 0 Å². The van der Waals surface area contributed by atoms with Crippen LogP contribution in [0.15, 0.2) is 36.9 Å². The summed E-state index contributed by atoms with van der Waals surface area (Å²) in [6.07, 6.45) is 7.84. The van der Waals surface area contributed by atoms with Crippen molar-refractivity contribution < 1.29 is 4.57 Å². The van der Waals surface area contributed by atoms with Crippen LogP contribution in [0.1, 0.15) is 0 Å². The first-order chi connectivity index (χ1) is 6.84. The first-order valence-electron chi connectivity index (χ1n) is 4.55. The van der Waals surface area contributed by atoms with E-state index in [1.807, 2.05) is 30.1 Å². The number of H-pyrrole nitrogens is 1. The Bertz CT molecular complexity index is 610. The van der Waals surface area contributed by atoms with Gasteiger partial charge >= 0.3 is 0 Å². The number of nitrogens with one attached hydrogen (secondary N) is 1. The van der Waals surface area contributed by atoms with Gasteiger partial charge in [0.25, 0.3) is 0 Å². The highest BCUT2D eigenvalue weighted by atomic mass is 14.9. The predicted octanol–water partition coefficient (Wildman–Crippen LogP) is 1.54. The summed E-state index contributed by atoms with van der Waals surface area (Å²) >= 11 is 0. The van der Waals surface area contributed by atoms with E-state index in [1.54, 1.807) is 6.20 Å². The van der Waals surface area contributed by atoms with Gasteiger partial charge in [-0.25, -0.2) is 4.57 Å². The minimum Gasteiger partial charge on any atom is -0.354 e. The number of hydrogen-bond donors (Lipinski definition) is 1. The number of nitrogens with zero attached hydrogens (tertiary/aromatic N) is 2. The summed E-state index contributed by atoms with van der Waals surface area (Å²) in [6.45, 7) is 0. The summed E-state index contributed by atoms with van der Waals surface area (Å²) in [7, 11) is 2.02. The van der Waals surface area contributed by atoms with Gasteiger partial charge in [-0.05, 0) is 6.07 Å². The topological polar surface area (TPSA) is 32.6 Å². The van der Waals surface area contributed by atoms with Crippen LogP contribution in [0.4, 0.5) is 0 Å². The fraction of sp³-hybridized carbons (Fsp3) is 0.0909. The quantitative estimate of drug-likeness (QED) is 0.528. The first-order valence-corrected chi connectivity index (χ1v) is 4.55. The zero-order chi connectivity index (χ0) is 9.54. The number of aryl methyl sites for hydroxylation is 1. The largest absolute Gasteiger partial charge is 0.354 e. The molecule has 3 heteroatoms. The molecule has 0 aromatic carbocycles. The maximum Gasteiger partial charge on any atom is 0.178 e. The lowest BCUT2D eigenvalue weighted by atomic mass is 10.2. The van der Waals surface area contributed by atoms with Crippen LogP contribution >= 0.6 is 0 Å². The monoisotopic (exact) mass is 184 g/mol. The molecule has 0 aliphatic heterocycles. The molecule has 0 fully saturated rings. The lowest BCUT2D eigenvalue weighted by Gasteiger charge is -1.87. The zero-order valence-corrected chi connectivity index (χ0v) is 7.86. The highest BCUT2D eigenvalue weighted by molar-refractivity contribution is 6.05. The Morgan fingerprint density at radius 1 is 1.21 bits per heavy atom. The number of aromatic nitrogens is 3. The molecule has 14 heavy (non-hydrogen) atoms. The van der Waals surface area contributed by atoms with E-state index >= 15 is 0 Å². The van der Waals surface area contributed by atoms with Crippen molar-refractivity contribution in [1.82, 2.24) is 9.97 Å². The van der Waals surface area contributed by atoms with Crippen LogP contribution < -0.4 is 4.57 Å². The molecule has 3 rings (SSSR count). The maximum absolute atomic E-state index is 4.14. The third-order valence-corrected chi connectivity index (χ3v) is 2.48. The van der Waals surface area contributed by atoms with Gasteiger partial charge in [0.1, 0.15) is 7.05 Å². The lowest BCUT2D eigenvalue weighted by molar-refractivity contribution is -0.670. The highest BCUT2D eigenvalue weighted by Gasteiger charge is 2.06. The van der Waals surface area contributed by atoms with Gasteiger partial charge in [-0.15, -0.1) is 0 Å². The van der Waals surface area contributed by atoms with Gasteiger partial charge in [0.05, 0.1) is 10.9 Å². The molecule has 0 bridgehead atoms. The molecular weight excluding hydrogens is 174 g/mol. The van der Waals surface area contributed by atoms with Crippen LogP contribution in [-0.2, 0) is 7.05 Å². The minimum absolute atomic E-state index is 1.14. The lowest BCUT2D eigenvalue weighted by Crippen LogP contribution is -2.25. The van der Waals surface area contributed by atoms with Crippen LogP contribution in [0.3, 0.4) is 0 Å². The summed E-state index contributed by atoms with van der Waals surface area (Å²) in [5.41, 5.74) is 2.30. The molecule has 68 valence electrons. The van der Waals surface area contributed by atoms with Gasteiger partial charge in [0, 0.05) is 29.4 Å². The second-order valence-corrected chi connectivity index (χ2v) is 3.48. The number of pyridine rings is 2. The normalized spacial score (nSPS) is 11.2. The minimum atomic E-state index is 1.14. The molecule has 0 spiro atoms. The number of hydrogen-bond acceptors (Lipinski definition) is 1. The van der Waals surface area contributed by atoms with Crippen LogP contribution in [-0.4, -0.2) is 9.97 Å². The molecule has 3 aromatic heterocycles. The fourth-order valence-corrected chi connectivity index (χ4v) is 1.78. The first kappa shape index (κ1) is 7.50. The van der Waals surface area contributed by atoms with Gasteiger partial charge in [0.15, 0.2) is 12.4 Å². The average molecular weight is 184 g/mol. The van der Waals surface area contributed by atoms with Crippen molar-refractivity contribution in [2.75, 3.05) is 0 Å². The Labute approximate surface area is 81.0 Å². The predicted molar refractivity (Wildman–Crippen MR) is 54.8 cm³/mol. The van der Waals surface area contributed by atoms with Crippen LogP contribution in [0, 0.1) is 0 Å². The SMILES string of the molecule is C[n+]1ccc2[nH]c3ccncc3c2c1. The van der Waals surface area contributed by atoms with Gasteiger partial charge < -0.3 is 4.98 Å². The van der Waals surface area contributed by atoms with Crippen LogP contribution in [0.5, 0.6) is 0 Å². The van der Waals surface area contributed by atoms with Crippen LogP contribution in [0.25, 0.3) is 21.8 Å². The molecule has 0 aliphatic rings. The summed E-state index contributed by atoms with van der Waals surface area (Å²) in [6, 6.07) is 4.07. The average Bonchev–Trinajstić information content (AvgIpc) is 2.56. The molecule has 0 aliphatic carbocycles. The van der Waals surface area contributed by atoms with E-state index in [-0.39, 0.29) is 0 Å². The van der Waals surface area contributed by atoms with E-state index in [4.69, 9.17) is 0 Å². The highest BCUT2D eigenvalue weighted by Crippen LogP contribution is 2.22. The Kier molecular flexibility index (Phi) is 1.36. The van der Waals surface area contributed by atoms with E-state index in [0.29, 0.717) is 0 Å². The van der Waals surface area contributed by atoms with Crippen molar-refractivity contribution in [3.63, 3.8) is 0 Å². The van der Waals surface area contributed by atoms with Crippen molar-refractivity contribution >= 4 is 21.8 Å². The number of rotatable bonds is 0. The smallest absolute Gasteiger partial charge is 0.178 e. The van der Waals surface area contributed by atoms with Gasteiger partial charge in [-0.1, -0.05) is 0 Å². The van der Waals surface area contributed by atoms with Gasteiger partial charge in [-0.2, -0.15) is 0 Å². The molecule has 1 N–H and O–H groups in total. The van der Waals surface area contributed by atoms with Crippen molar-refractivity contribution in [3.8, 4) is 0 Å². The standard InChI is InChI=1S/C11H9N3/c1-14-5-3-11-9(7-14)8-6-12-4-2-10(8)13-11/h2-7H,1H3/p+1. The third kappa shape index (κ3) is 0.923. The van der Waals surface area contributed by atoms with Crippen LogP contribution in [0.2, 0.25) is 0 Å². The zero-order valence-electron chi connectivity index (χ0n) is 7.86. The number of aromatic amines is 1. The van der Waals surface area contributed by atoms with E-state index in [0.717, 1.165) is 11.0 Å². The summed E-state index contributed by atoms with van der Waals surface area (Å²) in [5, 5.41) is 2.40. The van der Waals surface area contributed by atoms with Crippen molar-refractivity contribution in [1.29, 1.82) is 0 Å². The molecule has 3 heterocycles. The fourth-order valence-electron chi connectivity index (χ4n) is 1.78. The number of fused-ring (bicyclic) bond motifs is 3. The van der Waals surface area contributed by atoms with Gasteiger partial charge in [0.2, 0.25) is 0 Å². The third-order valence-electron chi connectivity index (χ3n) is 2.48. The molecule has 0 unspecified atom stereocenters. The molecule has 0 saturated heterocycles. The Balaban J connectivity index is 2.58. The van der Waals surface area contributed by atoms with E-state index in [2.05, 4.69) is 22.2 Å².